The van der Waals surface area contributed by atoms with Gasteiger partial charge in [-0.3, -0.25) is 0 Å². The van der Waals surface area contributed by atoms with E-state index >= 15 is 0 Å². The Morgan fingerprint density at radius 1 is 1.10 bits per heavy atom. The molecule has 0 bridgehead atoms. The summed E-state index contributed by atoms with van der Waals surface area (Å²) < 4.78 is 32.8. The SMILES string of the molecule is CNCc1cc(Br)ccc1OCc1cc(F)cc(F)c1. The maximum Gasteiger partial charge on any atom is 0.126 e. The van der Waals surface area contributed by atoms with E-state index < -0.39 is 11.6 Å². The highest BCUT2D eigenvalue weighted by molar-refractivity contribution is 9.10. The van der Waals surface area contributed by atoms with E-state index in [4.69, 9.17) is 4.74 Å². The third kappa shape index (κ3) is 4.02. The molecule has 0 aliphatic heterocycles. The van der Waals surface area contributed by atoms with Crippen LogP contribution in [-0.4, -0.2) is 7.05 Å². The van der Waals surface area contributed by atoms with Crippen molar-refractivity contribution in [1.29, 1.82) is 0 Å². The van der Waals surface area contributed by atoms with Gasteiger partial charge in [0, 0.05) is 22.6 Å². The Kier molecular flexibility index (Phi) is 5.09. The Labute approximate surface area is 124 Å². The first-order valence-corrected chi connectivity index (χ1v) is 6.88. The van der Waals surface area contributed by atoms with Gasteiger partial charge in [-0.05, 0) is 42.9 Å². The minimum atomic E-state index is -0.602. The number of ether oxygens (including phenoxy) is 1. The van der Waals surface area contributed by atoms with Crippen LogP contribution in [0.3, 0.4) is 0 Å². The number of halogens is 3. The number of hydrogen-bond donors (Lipinski definition) is 1. The molecular weight excluding hydrogens is 328 g/mol. The smallest absolute Gasteiger partial charge is 0.126 e. The topological polar surface area (TPSA) is 21.3 Å². The molecule has 0 unspecified atom stereocenters. The first kappa shape index (κ1) is 14.9. The standard InChI is InChI=1S/C15H14BrF2NO/c1-19-8-11-6-12(16)2-3-15(11)20-9-10-4-13(17)7-14(18)5-10/h2-7,19H,8-9H2,1H3. The normalized spacial score (nSPS) is 10.6. The molecule has 0 amide bonds. The van der Waals surface area contributed by atoms with Crippen molar-refractivity contribution in [3.05, 3.63) is 63.6 Å². The minimum absolute atomic E-state index is 0.118. The second-order valence-electron chi connectivity index (χ2n) is 4.35. The molecule has 0 fully saturated rings. The highest BCUT2D eigenvalue weighted by Crippen LogP contribution is 2.24. The molecule has 1 N–H and O–H groups in total. The van der Waals surface area contributed by atoms with Crippen LogP contribution >= 0.6 is 15.9 Å². The van der Waals surface area contributed by atoms with Crippen molar-refractivity contribution >= 4 is 15.9 Å². The Morgan fingerprint density at radius 2 is 1.80 bits per heavy atom. The molecule has 2 nitrogen and oxygen atoms in total. The summed E-state index contributed by atoms with van der Waals surface area (Å²) in [7, 11) is 1.84. The fourth-order valence-corrected chi connectivity index (χ4v) is 2.28. The summed E-state index contributed by atoms with van der Waals surface area (Å²) in [6, 6.07) is 9.00. The molecule has 0 radical (unpaired) electrons. The highest BCUT2D eigenvalue weighted by atomic mass is 79.9. The van der Waals surface area contributed by atoms with E-state index in [0.717, 1.165) is 16.1 Å². The first-order valence-electron chi connectivity index (χ1n) is 6.09. The molecule has 0 aliphatic rings. The molecule has 0 aromatic heterocycles. The molecule has 20 heavy (non-hydrogen) atoms. The summed E-state index contributed by atoms with van der Waals surface area (Å²) in [6.45, 7) is 0.763. The maximum absolute atomic E-state index is 13.1. The molecule has 2 aromatic carbocycles. The Balaban J connectivity index is 2.13. The third-order valence-electron chi connectivity index (χ3n) is 2.71. The zero-order valence-electron chi connectivity index (χ0n) is 10.9. The Bertz CT molecular complexity index is 584. The van der Waals surface area contributed by atoms with Crippen molar-refractivity contribution in [3.8, 4) is 5.75 Å². The van der Waals surface area contributed by atoms with Gasteiger partial charge < -0.3 is 10.1 Å². The van der Waals surface area contributed by atoms with Gasteiger partial charge in [0.15, 0.2) is 0 Å². The molecule has 2 rings (SSSR count). The summed E-state index contributed by atoms with van der Waals surface area (Å²) in [5.41, 5.74) is 1.43. The number of rotatable bonds is 5. The lowest BCUT2D eigenvalue weighted by molar-refractivity contribution is 0.301. The zero-order valence-corrected chi connectivity index (χ0v) is 12.5. The molecule has 0 atom stereocenters. The second-order valence-corrected chi connectivity index (χ2v) is 5.26. The predicted octanol–water partition coefficient (Wildman–Crippen LogP) is 4.03. The van der Waals surface area contributed by atoms with E-state index in [1.165, 1.54) is 12.1 Å². The first-order chi connectivity index (χ1) is 9.58. The molecule has 0 saturated carbocycles. The number of hydrogen-bond acceptors (Lipinski definition) is 2. The van der Waals surface area contributed by atoms with E-state index in [1.807, 2.05) is 25.2 Å². The average molecular weight is 342 g/mol. The van der Waals surface area contributed by atoms with Gasteiger partial charge in [0.2, 0.25) is 0 Å². The highest BCUT2D eigenvalue weighted by Gasteiger charge is 2.06. The fourth-order valence-electron chi connectivity index (χ4n) is 1.87. The largest absolute Gasteiger partial charge is 0.489 e. The van der Waals surface area contributed by atoms with Gasteiger partial charge in [-0.2, -0.15) is 0 Å². The molecule has 0 aliphatic carbocycles. The van der Waals surface area contributed by atoms with Crippen LogP contribution in [0.25, 0.3) is 0 Å². The van der Waals surface area contributed by atoms with Gasteiger partial charge in [-0.15, -0.1) is 0 Å². The van der Waals surface area contributed by atoms with E-state index in [1.54, 1.807) is 0 Å². The van der Waals surface area contributed by atoms with Crippen molar-refractivity contribution in [1.82, 2.24) is 5.32 Å². The van der Waals surface area contributed by atoms with Crippen molar-refractivity contribution in [2.45, 2.75) is 13.2 Å². The second kappa shape index (κ2) is 6.81. The Hall–Kier alpha value is -1.46. The van der Waals surface area contributed by atoms with Crippen LogP contribution in [-0.2, 0) is 13.2 Å². The van der Waals surface area contributed by atoms with Gasteiger partial charge in [0.25, 0.3) is 0 Å². The fraction of sp³-hybridized carbons (Fsp3) is 0.200. The zero-order chi connectivity index (χ0) is 14.5. The van der Waals surface area contributed by atoms with E-state index in [0.29, 0.717) is 17.9 Å². The maximum atomic E-state index is 13.1. The Morgan fingerprint density at radius 3 is 2.45 bits per heavy atom. The van der Waals surface area contributed by atoms with Gasteiger partial charge in [0.05, 0.1) is 0 Å². The summed E-state index contributed by atoms with van der Waals surface area (Å²) in [6.07, 6.45) is 0. The number of nitrogens with one attached hydrogen (secondary N) is 1. The predicted molar refractivity (Wildman–Crippen MR) is 77.6 cm³/mol. The monoisotopic (exact) mass is 341 g/mol. The van der Waals surface area contributed by atoms with Gasteiger partial charge in [-0.25, -0.2) is 8.78 Å². The summed E-state index contributed by atoms with van der Waals surface area (Å²) in [5.74, 6) is -0.517. The van der Waals surface area contributed by atoms with E-state index in [-0.39, 0.29) is 6.61 Å². The molecule has 0 spiro atoms. The summed E-state index contributed by atoms with van der Waals surface area (Å²) in [5, 5.41) is 3.05. The minimum Gasteiger partial charge on any atom is -0.489 e. The average Bonchev–Trinajstić information content (AvgIpc) is 2.37. The van der Waals surface area contributed by atoms with Crippen LogP contribution in [0, 0.1) is 11.6 Å². The van der Waals surface area contributed by atoms with E-state index in [9.17, 15) is 8.78 Å². The molecule has 5 heteroatoms. The van der Waals surface area contributed by atoms with Gasteiger partial charge in [0.1, 0.15) is 24.0 Å². The van der Waals surface area contributed by atoms with Crippen molar-refractivity contribution < 1.29 is 13.5 Å². The van der Waals surface area contributed by atoms with E-state index in [2.05, 4.69) is 21.2 Å². The van der Waals surface area contributed by atoms with Crippen molar-refractivity contribution in [3.63, 3.8) is 0 Å². The van der Waals surface area contributed by atoms with Crippen molar-refractivity contribution in [2.24, 2.45) is 0 Å². The lowest BCUT2D eigenvalue weighted by atomic mass is 10.2. The quantitative estimate of drug-likeness (QED) is 0.886. The van der Waals surface area contributed by atoms with Crippen LogP contribution in [0.4, 0.5) is 8.78 Å². The number of benzene rings is 2. The molecule has 0 heterocycles. The van der Waals surface area contributed by atoms with Crippen LogP contribution in [0.2, 0.25) is 0 Å². The summed E-state index contributed by atoms with van der Waals surface area (Å²) in [4.78, 5) is 0. The summed E-state index contributed by atoms with van der Waals surface area (Å²) >= 11 is 3.40. The lowest BCUT2D eigenvalue weighted by Crippen LogP contribution is -2.07. The molecular formula is C15H14BrF2NO. The molecule has 2 aromatic rings. The van der Waals surface area contributed by atoms with Crippen LogP contribution < -0.4 is 10.1 Å². The van der Waals surface area contributed by atoms with Crippen LogP contribution in [0.15, 0.2) is 40.9 Å². The molecule has 0 saturated heterocycles. The van der Waals surface area contributed by atoms with Crippen LogP contribution in [0.1, 0.15) is 11.1 Å². The molecule has 106 valence electrons. The third-order valence-corrected chi connectivity index (χ3v) is 3.20. The van der Waals surface area contributed by atoms with Gasteiger partial charge >= 0.3 is 0 Å². The van der Waals surface area contributed by atoms with Gasteiger partial charge in [-0.1, -0.05) is 15.9 Å². The van der Waals surface area contributed by atoms with Crippen LogP contribution in [0.5, 0.6) is 5.75 Å². The lowest BCUT2D eigenvalue weighted by Gasteiger charge is -2.12. The van der Waals surface area contributed by atoms with Crippen molar-refractivity contribution in [2.75, 3.05) is 7.05 Å².